The van der Waals surface area contributed by atoms with Crippen LogP contribution in [0.25, 0.3) is 0 Å². The standard InChI is InChI=1S/C15H27N5/c1-2-8-16-14(6-1)13-5-3-7-15(13)17-9-4-11-20-12-10-18-19-20/h10,12-17H,1-9,11H2. The Balaban J connectivity index is 1.39. The van der Waals surface area contributed by atoms with Crippen molar-refractivity contribution in [1.29, 1.82) is 0 Å². The number of nitrogens with zero attached hydrogens (tertiary/aromatic N) is 3. The number of rotatable bonds is 6. The molecule has 0 aromatic carbocycles. The maximum absolute atomic E-state index is 4.00. The van der Waals surface area contributed by atoms with Crippen molar-refractivity contribution in [3.63, 3.8) is 0 Å². The van der Waals surface area contributed by atoms with E-state index in [1.54, 1.807) is 6.20 Å². The molecule has 1 saturated heterocycles. The summed E-state index contributed by atoms with van der Waals surface area (Å²) in [6.45, 7) is 3.28. The van der Waals surface area contributed by atoms with Crippen molar-refractivity contribution in [2.75, 3.05) is 13.1 Å². The van der Waals surface area contributed by atoms with E-state index in [-0.39, 0.29) is 0 Å². The first-order valence-corrected chi connectivity index (χ1v) is 8.24. The summed E-state index contributed by atoms with van der Waals surface area (Å²) in [5, 5.41) is 15.4. The van der Waals surface area contributed by atoms with Crippen LogP contribution in [0.4, 0.5) is 0 Å². The van der Waals surface area contributed by atoms with Gasteiger partial charge in [0.1, 0.15) is 0 Å². The van der Waals surface area contributed by atoms with Crippen LogP contribution in [0.3, 0.4) is 0 Å². The van der Waals surface area contributed by atoms with Crippen LogP contribution >= 0.6 is 0 Å². The molecule has 2 aliphatic rings. The van der Waals surface area contributed by atoms with Crippen LogP contribution in [0.15, 0.2) is 12.4 Å². The van der Waals surface area contributed by atoms with Gasteiger partial charge in [-0.2, -0.15) is 0 Å². The monoisotopic (exact) mass is 277 g/mol. The lowest BCUT2D eigenvalue weighted by Gasteiger charge is -2.33. The van der Waals surface area contributed by atoms with E-state index in [0.29, 0.717) is 0 Å². The van der Waals surface area contributed by atoms with Crippen LogP contribution in [-0.2, 0) is 6.54 Å². The Bertz CT molecular complexity index is 372. The summed E-state index contributed by atoms with van der Waals surface area (Å²) in [5.74, 6) is 0.849. The average Bonchev–Trinajstić information content (AvgIpc) is 3.16. The smallest absolute Gasteiger partial charge is 0.0692 e. The highest BCUT2D eigenvalue weighted by Crippen LogP contribution is 2.31. The molecule has 1 aromatic rings. The first-order valence-electron chi connectivity index (χ1n) is 8.24. The first-order chi connectivity index (χ1) is 9.93. The van der Waals surface area contributed by atoms with Crippen LogP contribution in [0.5, 0.6) is 0 Å². The summed E-state index contributed by atoms with van der Waals surface area (Å²) in [5.41, 5.74) is 0. The van der Waals surface area contributed by atoms with Gasteiger partial charge >= 0.3 is 0 Å². The second-order valence-electron chi connectivity index (χ2n) is 6.23. The Morgan fingerprint density at radius 3 is 3.00 bits per heavy atom. The lowest BCUT2D eigenvalue weighted by atomic mass is 9.88. The molecule has 3 atom stereocenters. The Labute approximate surface area is 121 Å². The molecule has 112 valence electrons. The van der Waals surface area contributed by atoms with Crippen LogP contribution in [-0.4, -0.2) is 40.2 Å². The van der Waals surface area contributed by atoms with Gasteiger partial charge in [0.05, 0.1) is 6.20 Å². The highest BCUT2D eigenvalue weighted by molar-refractivity contribution is 4.92. The van der Waals surface area contributed by atoms with Crippen molar-refractivity contribution >= 4 is 0 Å². The van der Waals surface area contributed by atoms with E-state index in [9.17, 15) is 0 Å². The third kappa shape index (κ3) is 3.58. The molecule has 2 fully saturated rings. The van der Waals surface area contributed by atoms with E-state index in [0.717, 1.165) is 37.5 Å². The predicted molar refractivity (Wildman–Crippen MR) is 79.4 cm³/mol. The SMILES string of the molecule is c1cn(CCCNC2CCCC2C2CCCCN2)nn1. The normalized spacial score (nSPS) is 30.7. The number of piperidine rings is 1. The van der Waals surface area contributed by atoms with Gasteiger partial charge in [0.25, 0.3) is 0 Å². The molecule has 5 nitrogen and oxygen atoms in total. The van der Waals surface area contributed by atoms with Gasteiger partial charge in [0, 0.05) is 24.8 Å². The van der Waals surface area contributed by atoms with E-state index >= 15 is 0 Å². The maximum atomic E-state index is 4.00. The van der Waals surface area contributed by atoms with Gasteiger partial charge in [-0.25, -0.2) is 0 Å². The molecule has 0 bridgehead atoms. The number of nitrogens with one attached hydrogen (secondary N) is 2. The van der Waals surface area contributed by atoms with Crippen LogP contribution in [0.1, 0.15) is 44.9 Å². The minimum atomic E-state index is 0.723. The first kappa shape index (κ1) is 14.0. The fourth-order valence-electron chi connectivity index (χ4n) is 3.85. The second-order valence-corrected chi connectivity index (χ2v) is 6.23. The zero-order valence-electron chi connectivity index (χ0n) is 12.3. The Morgan fingerprint density at radius 2 is 2.20 bits per heavy atom. The number of aryl methyl sites for hydroxylation is 1. The molecular weight excluding hydrogens is 250 g/mol. The highest BCUT2D eigenvalue weighted by atomic mass is 15.4. The second kappa shape index (κ2) is 7.18. The minimum Gasteiger partial charge on any atom is -0.314 e. The van der Waals surface area contributed by atoms with Gasteiger partial charge in [-0.3, -0.25) is 4.68 Å². The molecule has 2 N–H and O–H groups in total. The fourth-order valence-corrected chi connectivity index (χ4v) is 3.85. The Hall–Kier alpha value is -0.940. The molecule has 3 unspecified atom stereocenters. The summed E-state index contributed by atoms with van der Waals surface area (Å²) < 4.78 is 1.91. The Kier molecular flexibility index (Phi) is 5.03. The summed E-state index contributed by atoms with van der Waals surface area (Å²) >= 11 is 0. The summed E-state index contributed by atoms with van der Waals surface area (Å²) in [6, 6.07) is 1.49. The molecule has 1 aliphatic heterocycles. The summed E-state index contributed by atoms with van der Waals surface area (Å²) in [6.07, 6.45) is 13.1. The van der Waals surface area contributed by atoms with Crippen LogP contribution in [0, 0.1) is 5.92 Å². The summed E-state index contributed by atoms with van der Waals surface area (Å²) in [7, 11) is 0. The fraction of sp³-hybridized carbons (Fsp3) is 0.867. The third-order valence-electron chi connectivity index (χ3n) is 4.88. The van der Waals surface area contributed by atoms with Crippen LogP contribution in [0.2, 0.25) is 0 Å². The minimum absolute atomic E-state index is 0.723. The molecule has 0 amide bonds. The van der Waals surface area contributed by atoms with Gasteiger partial charge in [0.15, 0.2) is 0 Å². The van der Waals surface area contributed by atoms with Crippen molar-refractivity contribution in [3.05, 3.63) is 12.4 Å². The largest absolute Gasteiger partial charge is 0.314 e. The Morgan fingerprint density at radius 1 is 1.20 bits per heavy atom. The van der Waals surface area contributed by atoms with Gasteiger partial charge in [-0.15, -0.1) is 5.10 Å². The third-order valence-corrected chi connectivity index (χ3v) is 4.88. The topological polar surface area (TPSA) is 54.8 Å². The maximum Gasteiger partial charge on any atom is 0.0692 e. The van der Waals surface area contributed by atoms with Crippen LogP contribution < -0.4 is 10.6 Å². The van der Waals surface area contributed by atoms with Crippen molar-refractivity contribution in [2.24, 2.45) is 5.92 Å². The molecule has 0 spiro atoms. The zero-order chi connectivity index (χ0) is 13.6. The molecule has 5 heteroatoms. The quantitative estimate of drug-likeness (QED) is 0.775. The van der Waals surface area contributed by atoms with Gasteiger partial charge in [0.2, 0.25) is 0 Å². The summed E-state index contributed by atoms with van der Waals surface area (Å²) in [4.78, 5) is 0. The molecule has 20 heavy (non-hydrogen) atoms. The van der Waals surface area contributed by atoms with Gasteiger partial charge in [-0.05, 0) is 51.1 Å². The number of hydrogen-bond donors (Lipinski definition) is 2. The van der Waals surface area contributed by atoms with Gasteiger partial charge in [-0.1, -0.05) is 18.1 Å². The molecule has 1 aromatic heterocycles. The lowest BCUT2D eigenvalue weighted by molar-refractivity contribution is 0.256. The predicted octanol–water partition coefficient (Wildman–Crippen LogP) is 1.57. The van der Waals surface area contributed by atoms with E-state index in [1.165, 1.54) is 45.1 Å². The number of hydrogen-bond acceptors (Lipinski definition) is 4. The van der Waals surface area contributed by atoms with E-state index in [4.69, 9.17) is 0 Å². The van der Waals surface area contributed by atoms with E-state index in [1.807, 2.05) is 10.9 Å². The molecule has 1 aliphatic carbocycles. The van der Waals surface area contributed by atoms with Crippen molar-refractivity contribution in [1.82, 2.24) is 25.6 Å². The molecule has 2 heterocycles. The molecule has 1 saturated carbocycles. The van der Waals surface area contributed by atoms with E-state index in [2.05, 4.69) is 20.9 Å². The molecular formula is C15H27N5. The molecule has 3 rings (SSSR count). The lowest BCUT2D eigenvalue weighted by Crippen LogP contribution is -2.47. The molecule has 0 radical (unpaired) electrons. The van der Waals surface area contributed by atoms with Gasteiger partial charge < -0.3 is 10.6 Å². The zero-order valence-corrected chi connectivity index (χ0v) is 12.3. The van der Waals surface area contributed by atoms with Crippen molar-refractivity contribution < 1.29 is 0 Å². The van der Waals surface area contributed by atoms with Crippen molar-refractivity contribution in [2.45, 2.75) is 63.6 Å². The highest BCUT2D eigenvalue weighted by Gasteiger charge is 2.33. The number of aromatic nitrogens is 3. The van der Waals surface area contributed by atoms with E-state index < -0.39 is 0 Å². The van der Waals surface area contributed by atoms with Crippen molar-refractivity contribution in [3.8, 4) is 0 Å². The average molecular weight is 277 g/mol.